The molecule has 0 atom stereocenters. The molecule has 1 aromatic heterocycles. The second-order valence-corrected chi connectivity index (χ2v) is 6.33. The number of halogens is 1. The molecule has 0 radical (unpaired) electrons. The SMILES string of the molecule is C#CCn1c(=NC(=O)COc2ccccc2C)sc2cccc(F)c21. The van der Waals surface area contributed by atoms with Crippen molar-refractivity contribution >= 4 is 27.5 Å². The zero-order valence-electron chi connectivity index (χ0n) is 13.5. The molecule has 0 N–H and O–H groups in total. The molecule has 0 saturated heterocycles. The number of thiazole rings is 1. The van der Waals surface area contributed by atoms with Crippen molar-refractivity contribution in [3.63, 3.8) is 0 Å². The van der Waals surface area contributed by atoms with Gasteiger partial charge in [0.1, 0.15) is 11.6 Å². The second-order valence-electron chi connectivity index (χ2n) is 5.32. The Morgan fingerprint density at radius 1 is 1.32 bits per heavy atom. The molecular formula is C19H15FN2O2S. The first-order valence-electron chi connectivity index (χ1n) is 7.57. The highest BCUT2D eigenvalue weighted by molar-refractivity contribution is 7.16. The van der Waals surface area contributed by atoms with E-state index in [2.05, 4.69) is 10.9 Å². The summed E-state index contributed by atoms with van der Waals surface area (Å²) < 4.78 is 21.8. The molecule has 3 rings (SSSR count). The van der Waals surface area contributed by atoms with Gasteiger partial charge < -0.3 is 9.30 Å². The minimum atomic E-state index is -0.457. The van der Waals surface area contributed by atoms with E-state index in [9.17, 15) is 9.18 Å². The molecule has 0 unspecified atom stereocenters. The van der Waals surface area contributed by atoms with Crippen LogP contribution in [-0.2, 0) is 11.3 Å². The number of hydrogen-bond acceptors (Lipinski definition) is 3. The Morgan fingerprint density at radius 2 is 2.12 bits per heavy atom. The topological polar surface area (TPSA) is 43.6 Å². The lowest BCUT2D eigenvalue weighted by Crippen LogP contribution is -2.19. The van der Waals surface area contributed by atoms with Crippen molar-refractivity contribution in [2.75, 3.05) is 6.61 Å². The summed E-state index contributed by atoms with van der Waals surface area (Å²) in [7, 11) is 0. The van der Waals surface area contributed by atoms with Crippen LogP contribution in [0.3, 0.4) is 0 Å². The van der Waals surface area contributed by atoms with Gasteiger partial charge >= 0.3 is 0 Å². The van der Waals surface area contributed by atoms with Crippen LogP contribution >= 0.6 is 11.3 Å². The van der Waals surface area contributed by atoms with Crippen LogP contribution in [-0.4, -0.2) is 17.1 Å². The Bertz CT molecular complexity index is 1040. The van der Waals surface area contributed by atoms with E-state index in [1.165, 1.54) is 22.0 Å². The Morgan fingerprint density at radius 3 is 2.88 bits per heavy atom. The quantitative estimate of drug-likeness (QED) is 0.675. The third kappa shape index (κ3) is 3.62. The molecule has 0 bridgehead atoms. The number of para-hydroxylation sites is 2. The molecule has 25 heavy (non-hydrogen) atoms. The normalized spacial score (nSPS) is 11.5. The zero-order chi connectivity index (χ0) is 17.8. The van der Waals surface area contributed by atoms with E-state index in [0.717, 1.165) is 5.56 Å². The van der Waals surface area contributed by atoms with E-state index in [1.807, 2.05) is 25.1 Å². The van der Waals surface area contributed by atoms with Crippen molar-refractivity contribution in [2.45, 2.75) is 13.5 Å². The summed E-state index contributed by atoms with van der Waals surface area (Å²) in [5.41, 5.74) is 1.29. The predicted molar refractivity (Wildman–Crippen MR) is 95.9 cm³/mol. The lowest BCUT2D eigenvalue weighted by Gasteiger charge is -2.06. The van der Waals surface area contributed by atoms with Gasteiger partial charge in [0.15, 0.2) is 11.4 Å². The van der Waals surface area contributed by atoms with Crippen LogP contribution in [0.4, 0.5) is 4.39 Å². The largest absolute Gasteiger partial charge is 0.483 e. The van der Waals surface area contributed by atoms with Crippen LogP contribution in [0.15, 0.2) is 47.5 Å². The molecule has 1 heterocycles. The number of terminal acetylenes is 1. The molecule has 4 nitrogen and oxygen atoms in total. The molecule has 0 spiro atoms. The molecule has 2 aromatic carbocycles. The highest BCUT2D eigenvalue weighted by Crippen LogP contribution is 2.20. The van der Waals surface area contributed by atoms with E-state index in [0.29, 0.717) is 20.8 Å². The molecule has 6 heteroatoms. The number of amides is 1. The van der Waals surface area contributed by atoms with E-state index >= 15 is 0 Å². The molecule has 126 valence electrons. The number of carbonyl (C=O) groups excluding carboxylic acids is 1. The maximum absolute atomic E-state index is 14.1. The first kappa shape index (κ1) is 16.9. The van der Waals surface area contributed by atoms with Gasteiger partial charge in [-0.15, -0.1) is 6.42 Å². The number of fused-ring (bicyclic) bond motifs is 1. The number of aromatic nitrogens is 1. The smallest absolute Gasteiger partial charge is 0.286 e. The third-order valence-electron chi connectivity index (χ3n) is 3.57. The Kier molecular flexibility index (Phi) is 4.96. The summed E-state index contributed by atoms with van der Waals surface area (Å²) in [6.07, 6.45) is 5.37. The van der Waals surface area contributed by atoms with Crippen LogP contribution in [0.5, 0.6) is 5.75 Å². The van der Waals surface area contributed by atoms with Gasteiger partial charge in [0.2, 0.25) is 0 Å². The van der Waals surface area contributed by atoms with E-state index < -0.39 is 11.7 Å². The predicted octanol–water partition coefficient (Wildman–Crippen LogP) is 3.29. The first-order chi connectivity index (χ1) is 12.1. The Balaban J connectivity index is 1.91. The van der Waals surface area contributed by atoms with Crippen LogP contribution in [0.2, 0.25) is 0 Å². The number of hydrogen-bond donors (Lipinski definition) is 0. The maximum atomic E-state index is 14.1. The van der Waals surface area contributed by atoms with Crippen LogP contribution in [0.1, 0.15) is 5.56 Å². The summed E-state index contributed by atoms with van der Waals surface area (Å²) in [5.74, 6) is 2.25. The molecule has 0 saturated carbocycles. The summed E-state index contributed by atoms with van der Waals surface area (Å²) in [6.45, 7) is 1.83. The van der Waals surface area contributed by atoms with Gasteiger partial charge in [0, 0.05) is 0 Å². The van der Waals surface area contributed by atoms with Crippen molar-refractivity contribution in [1.29, 1.82) is 0 Å². The maximum Gasteiger partial charge on any atom is 0.286 e. The van der Waals surface area contributed by atoms with Crippen molar-refractivity contribution < 1.29 is 13.9 Å². The highest BCUT2D eigenvalue weighted by atomic mass is 32.1. The molecule has 0 aliphatic carbocycles. The Hall–Kier alpha value is -2.91. The zero-order valence-corrected chi connectivity index (χ0v) is 14.3. The van der Waals surface area contributed by atoms with E-state index in [4.69, 9.17) is 11.2 Å². The molecule has 1 amide bonds. The van der Waals surface area contributed by atoms with Crippen LogP contribution in [0.25, 0.3) is 10.2 Å². The molecule has 3 aromatic rings. The fraction of sp³-hybridized carbons (Fsp3) is 0.158. The number of ether oxygens (including phenoxy) is 1. The van der Waals surface area contributed by atoms with E-state index in [-0.39, 0.29) is 13.2 Å². The number of carbonyl (C=O) groups is 1. The average Bonchev–Trinajstić information content (AvgIpc) is 2.93. The van der Waals surface area contributed by atoms with Crippen molar-refractivity contribution in [3.05, 3.63) is 58.6 Å². The minimum Gasteiger partial charge on any atom is -0.483 e. The van der Waals surface area contributed by atoms with Crippen LogP contribution < -0.4 is 9.54 Å². The van der Waals surface area contributed by atoms with Gasteiger partial charge in [-0.2, -0.15) is 4.99 Å². The second kappa shape index (κ2) is 7.32. The molecular weight excluding hydrogens is 339 g/mol. The van der Waals surface area contributed by atoms with Gasteiger partial charge in [0.25, 0.3) is 5.91 Å². The first-order valence-corrected chi connectivity index (χ1v) is 8.39. The van der Waals surface area contributed by atoms with Gasteiger partial charge in [-0.05, 0) is 30.7 Å². The lowest BCUT2D eigenvalue weighted by atomic mass is 10.2. The average molecular weight is 354 g/mol. The van der Waals surface area contributed by atoms with Crippen LogP contribution in [0, 0.1) is 25.1 Å². The number of rotatable bonds is 4. The summed E-state index contributed by atoms with van der Waals surface area (Å²) >= 11 is 1.22. The van der Waals surface area contributed by atoms with Gasteiger partial charge in [-0.1, -0.05) is 41.5 Å². The molecule has 0 fully saturated rings. The van der Waals surface area contributed by atoms with Crippen molar-refractivity contribution in [1.82, 2.24) is 4.57 Å². The number of aryl methyl sites for hydroxylation is 1. The van der Waals surface area contributed by atoms with Crippen molar-refractivity contribution in [3.8, 4) is 18.1 Å². The number of nitrogens with zero attached hydrogens (tertiary/aromatic N) is 2. The van der Waals surface area contributed by atoms with E-state index in [1.54, 1.807) is 18.2 Å². The highest BCUT2D eigenvalue weighted by Gasteiger charge is 2.11. The summed E-state index contributed by atoms with van der Waals surface area (Å²) in [5, 5.41) is 0. The van der Waals surface area contributed by atoms with Gasteiger partial charge in [-0.3, -0.25) is 4.79 Å². The van der Waals surface area contributed by atoms with Gasteiger partial charge in [-0.25, -0.2) is 4.39 Å². The summed E-state index contributed by atoms with van der Waals surface area (Å²) in [4.78, 5) is 16.6. The lowest BCUT2D eigenvalue weighted by molar-refractivity contribution is -0.120. The standard InChI is InChI=1S/C19H15FN2O2S/c1-3-11-22-18-14(20)8-6-10-16(18)25-19(22)21-17(23)12-24-15-9-5-4-7-13(15)2/h1,4-10H,11-12H2,2H3. The van der Waals surface area contributed by atoms with Crippen molar-refractivity contribution in [2.24, 2.45) is 4.99 Å². The fourth-order valence-electron chi connectivity index (χ4n) is 2.41. The minimum absolute atomic E-state index is 0.131. The Labute approximate surface area is 148 Å². The van der Waals surface area contributed by atoms with Gasteiger partial charge in [0.05, 0.1) is 16.8 Å². The monoisotopic (exact) mass is 354 g/mol. The molecule has 0 aliphatic rings. The summed E-state index contributed by atoms with van der Waals surface area (Å²) in [6, 6.07) is 12.1. The third-order valence-corrected chi connectivity index (χ3v) is 4.61. The fourth-order valence-corrected chi connectivity index (χ4v) is 3.47. The number of benzene rings is 2. The molecule has 0 aliphatic heterocycles.